The van der Waals surface area contributed by atoms with Gasteiger partial charge in [-0.1, -0.05) is 5.16 Å². The third kappa shape index (κ3) is 1.46. The second-order valence-electron chi connectivity index (χ2n) is 2.48. The van der Waals surface area contributed by atoms with Crippen LogP contribution in [0.1, 0.15) is 0 Å². The van der Waals surface area contributed by atoms with Gasteiger partial charge in [-0.2, -0.15) is 0 Å². The summed E-state index contributed by atoms with van der Waals surface area (Å²) in [5.41, 5.74) is 0.713. The van der Waals surface area contributed by atoms with Crippen LogP contribution in [-0.2, 0) is 4.84 Å². The molecule has 1 saturated heterocycles. The second-order valence-corrected chi connectivity index (χ2v) is 2.48. The molecule has 0 aromatic heterocycles. The van der Waals surface area contributed by atoms with E-state index in [1.165, 1.54) is 7.11 Å². The van der Waals surface area contributed by atoms with E-state index in [1.54, 1.807) is 0 Å². The van der Waals surface area contributed by atoms with Gasteiger partial charge < -0.3 is 9.94 Å². The Bertz CT molecular complexity index is 147. The molecule has 0 aliphatic carbocycles. The lowest BCUT2D eigenvalue weighted by Crippen LogP contribution is -2.17. The molecule has 1 aliphatic rings. The monoisotopic (exact) mass is 144 g/mol. The molecule has 0 radical (unpaired) electrons. The van der Waals surface area contributed by atoms with E-state index in [4.69, 9.17) is 0 Å². The number of likely N-dealkylation sites (N-methyl/N-ethyl adjacent to an activating group) is 1. The van der Waals surface area contributed by atoms with Gasteiger partial charge in [0, 0.05) is 13.1 Å². The zero-order chi connectivity index (χ0) is 7.56. The van der Waals surface area contributed by atoms with Crippen LogP contribution < -0.4 is 0 Å². The molecule has 4 heteroatoms. The molecule has 1 N–H and O–H groups in total. The first-order valence-corrected chi connectivity index (χ1v) is 3.20. The van der Waals surface area contributed by atoms with Gasteiger partial charge in [-0.15, -0.1) is 0 Å². The van der Waals surface area contributed by atoms with Crippen molar-refractivity contribution in [3.8, 4) is 0 Å². The maximum Gasteiger partial charge on any atom is 0.109 e. The molecular formula is C6H12N2O2. The van der Waals surface area contributed by atoms with Crippen molar-refractivity contribution in [2.45, 2.75) is 6.10 Å². The summed E-state index contributed by atoms with van der Waals surface area (Å²) in [5.74, 6) is 0. The van der Waals surface area contributed by atoms with Gasteiger partial charge in [-0.05, 0) is 7.05 Å². The summed E-state index contributed by atoms with van der Waals surface area (Å²) in [7, 11) is 3.42. The molecule has 1 fully saturated rings. The van der Waals surface area contributed by atoms with Gasteiger partial charge in [-0.3, -0.25) is 4.90 Å². The molecule has 1 heterocycles. The first-order chi connectivity index (χ1) is 4.74. The lowest BCUT2D eigenvalue weighted by atomic mass is 10.3. The minimum Gasteiger partial charge on any atom is -0.399 e. The molecule has 1 aliphatic heterocycles. The highest BCUT2D eigenvalue weighted by Gasteiger charge is 2.24. The Labute approximate surface area is 60.1 Å². The van der Waals surface area contributed by atoms with Gasteiger partial charge in [0.2, 0.25) is 0 Å². The Morgan fingerprint density at radius 2 is 2.50 bits per heavy atom. The predicted molar refractivity (Wildman–Crippen MR) is 37.9 cm³/mol. The zero-order valence-corrected chi connectivity index (χ0v) is 6.24. The molecule has 0 saturated carbocycles. The van der Waals surface area contributed by atoms with E-state index in [-0.39, 0.29) is 0 Å². The number of rotatable bonds is 1. The summed E-state index contributed by atoms with van der Waals surface area (Å²) in [6.07, 6.45) is -0.440. The summed E-state index contributed by atoms with van der Waals surface area (Å²) in [4.78, 5) is 6.53. The SMILES string of the molecule is CO/N=C1\CN(C)C[C@@H]1O. The van der Waals surface area contributed by atoms with Crippen LogP contribution in [0, 0.1) is 0 Å². The van der Waals surface area contributed by atoms with Gasteiger partial charge in [0.1, 0.15) is 18.9 Å². The van der Waals surface area contributed by atoms with Crippen molar-refractivity contribution >= 4 is 5.71 Å². The van der Waals surface area contributed by atoms with E-state index >= 15 is 0 Å². The summed E-state index contributed by atoms with van der Waals surface area (Å²) >= 11 is 0. The zero-order valence-electron chi connectivity index (χ0n) is 6.24. The summed E-state index contributed by atoms with van der Waals surface area (Å²) in [5, 5.41) is 12.9. The van der Waals surface area contributed by atoms with Crippen LogP contribution >= 0.6 is 0 Å². The Morgan fingerprint density at radius 3 is 2.90 bits per heavy atom. The third-order valence-electron chi connectivity index (χ3n) is 1.51. The molecule has 4 nitrogen and oxygen atoms in total. The van der Waals surface area contributed by atoms with E-state index in [2.05, 4.69) is 9.99 Å². The fourth-order valence-electron chi connectivity index (χ4n) is 1.05. The molecule has 0 unspecified atom stereocenters. The molecule has 1 atom stereocenters. The highest BCUT2D eigenvalue weighted by atomic mass is 16.6. The largest absolute Gasteiger partial charge is 0.399 e. The van der Waals surface area contributed by atoms with Crippen molar-refractivity contribution in [1.82, 2.24) is 4.90 Å². The number of likely N-dealkylation sites (tertiary alicyclic amines) is 1. The number of aliphatic hydroxyl groups is 1. The highest BCUT2D eigenvalue weighted by molar-refractivity contribution is 5.91. The molecular weight excluding hydrogens is 132 g/mol. The maximum absolute atomic E-state index is 9.24. The van der Waals surface area contributed by atoms with E-state index in [9.17, 15) is 5.11 Å². The lowest BCUT2D eigenvalue weighted by Gasteiger charge is -2.01. The van der Waals surface area contributed by atoms with Gasteiger partial charge >= 0.3 is 0 Å². The van der Waals surface area contributed by atoms with Gasteiger partial charge in [0.05, 0.1) is 0 Å². The Morgan fingerprint density at radius 1 is 1.80 bits per heavy atom. The van der Waals surface area contributed by atoms with Crippen molar-refractivity contribution in [3.05, 3.63) is 0 Å². The van der Waals surface area contributed by atoms with Crippen LogP contribution in [0.25, 0.3) is 0 Å². The molecule has 0 aromatic rings. The first kappa shape index (κ1) is 7.50. The number of β-amino-alcohol motifs (C(OH)–C–C–N with tert-alkyl or cyclic N) is 1. The topological polar surface area (TPSA) is 45.1 Å². The van der Waals surface area contributed by atoms with Crippen LogP contribution in [0.15, 0.2) is 5.16 Å². The first-order valence-electron chi connectivity index (χ1n) is 3.20. The van der Waals surface area contributed by atoms with E-state index in [0.29, 0.717) is 18.8 Å². The van der Waals surface area contributed by atoms with Crippen LogP contribution in [0.4, 0.5) is 0 Å². The third-order valence-corrected chi connectivity index (χ3v) is 1.51. The van der Waals surface area contributed by atoms with E-state index in [1.807, 2.05) is 11.9 Å². The fourth-order valence-corrected chi connectivity index (χ4v) is 1.05. The minimum absolute atomic E-state index is 0.440. The van der Waals surface area contributed by atoms with Crippen LogP contribution in [-0.4, -0.2) is 49.1 Å². The van der Waals surface area contributed by atoms with Crippen molar-refractivity contribution in [2.24, 2.45) is 5.16 Å². The maximum atomic E-state index is 9.24. The van der Waals surface area contributed by atoms with Crippen molar-refractivity contribution < 1.29 is 9.94 Å². The Kier molecular flexibility index (Phi) is 2.24. The molecule has 0 bridgehead atoms. The number of aliphatic hydroxyl groups excluding tert-OH is 1. The minimum atomic E-state index is -0.440. The quantitative estimate of drug-likeness (QED) is 0.495. The van der Waals surface area contributed by atoms with Gasteiger partial charge in [0.15, 0.2) is 0 Å². The van der Waals surface area contributed by atoms with E-state index < -0.39 is 6.10 Å². The molecule has 0 aromatic carbocycles. The lowest BCUT2D eigenvalue weighted by molar-refractivity contribution is 0.195. The standard InChI is InChI=1S/C6H12N2O2/c1-8-3-5(7-10-2)6(9)4-8/h6,9H,3-4H2,1-2H3/b7-5+/t6-/m0/s1. The average molecular weight is 144 g/mol. The summed E-state index contributed by atoms with van der Waals surface area (Å²) < 4.78 is 0. The number of oxime groups is 1. The van der Waals surface area contributed by atoms with Crippen LogP contribution in [0.2, 0.25) is 0 Å². The number of hydrogen-bond acceptors (Lipinski definition) is 4. The Hall–Kier alpha value is -0.610. The molecule has 1 rings (SSSR count). The molecule has 0 spiro atoms. The van der Waals surface area contributed by atoms with Crippen molar-refractivity contribution in [3.63, 3.8) is 0 Å². The normalized spacial score (nSPS) is 31.5. The molecule has 58 valence electrons. The summed E-state index contributed by atoms with van der Waals surface area (Å²) in [6, 6.07) is 0. The highest BCUT2D eigenvalue weighted by Crippen LogP contribution is 2.03. The fraction of sp³-hybridized carbons (Fsp3) is 0.833. The van der Waals surface area contributed by atoms with Gasteiger partial charge in [-0.25, -0.2) is 0 Å². The predicted octanol–water partition coefficient (Wildman–Crippen LogP) is -0.705. The molecule has 0 amide bonds. The smallest absolute Gasteiger partial charge is 0.109 e. The van der Waals surface area contributed by atoms with E-state index in [0.717, 1.165) is 0 Å². The van der Waals surface area contributed by atoms with Crippen LogP contribution in [0.3, 0.4) is 0 Å². The van der Waals surface area contributed by atoms with Crippen molar-refractivity contribution in [2.75, 3.05) is 27.2 Å². The summed E-state index contributed by atoms with van der Waals surface area (Å²) in [6.45, 7) is 1.36. The Balaban J connectivity index is 2.54. The molecule has 10 heavy (non-hydrogen) atoms. The number of hydrogen-bond donors (Lipinski definition) is 1. The van der Waals surface area contributed by atoms with Crippen molar-refractivity contribution in [1.29, 1.82) is 0 Å². The number of nitrogens with zero attached hydrogens (tertiary/aromatic N) is 2. The average Bonchev–Trinajstić information content (AvgIpc) is 2.13. The van der Waals surface area contributed by atoms with Gasteiger partial charge in [0.25, 0.3) is 0 Å². The second kappa shape index (κ2) is 2.98. The van der Waals surface area contributed by atoms with Crippen LogP contribution in [0.5, 0.6) is 0 Å².